The van der Waals surface area contributed by atoms with E-state index in [9.17, 15) is 12.8 Å². The Balaban J connectivity index is 2.55. The van der Waals surface area contributed by atoms with Gasteiger partial charge in [0.2, 0.25) is 0 Å². The predicted molar refractivity (Wildman–Crippen MR) is 81.1 cm³/mol. The molecule has 0 aliphatic rings. The first kappa shape index (κ1) is 17.1. The standard InChI is InChI=1S/C15H24FNO2S/c1-3-20(18,19)10-6-7-13(12-17-2)11-14-8-4-5-9-15(14)16/h4-5,8-9,13,17H,3,6-7,10-12H2,1-2H3. The van der Waals surface area contributed by atoms with E-state index in [-0.39, 0.29) is 23.2 Å². The van der Waals surface area contributed by atoms with E-state index in [1.54, 1.807) is 19.1 Å². The van der Waals surface area contributed by atoms with Crippen molar-refractivity contribution in [1.82, 2.24) is 5.32 Å². The van der Waals surface area contributed by atoms with Crippen LogP contribution in [0.3, 0.4) is 0 Å². The van der Waals surface area contributed by atoms with Gasteiger partial charge in [0.1, 0.15) is 15.7 Å². The van der Waals surface area contributed by atoms with E-state index in [2.05, 4.69) is 5.32 Å². The summed E-state index contributed by atoms with van der Waals surface area (Å²) in [6, 6.07) is 6.77. The van der Waals surface area contributed by atoms with Crippen molar-refractivity contribution < 1.29 is 12.8 Å². The lowest BCUT2D eigenvalue weighted by Crippen LogP contribution is -2.22. The van der Waals surface area contributed by atoms with E-state index >= 15 is 0 Å². The van der Waals surface area contributed by atoms with E-state index < -0.39 is 9.84 Å². The van der Waals surface area contributed by atoms with Gasteiger partial charge in [-0.05, 0) is 50.4 Å². The first-order valence-corrected chi connectivity index (χ1v) is 8.89. The van der Waals surface area contributed by atoms with Gasteiger partial charge in [0.25, 0.3) is 0 Å². The second-order valence-corrected chi connectivity index (χ2v) is 7.57. The highest BCUT2D eigenvalue weighted by atomic mass is 32.2. The maximum Gasteiger partial charge on any atom is 0.150 e. The molecule has 0 saturated heterocycles. The van der Waals surface area contributed by atoms with E-state index in [1.807, 2.05) is 13.1 Å². The van der Waals surface area contributed by atoms with Gasteiger partial charge in [-0.2, -0.15) is 0 Å². The number of hydrogen-bond acceptors (Lipinski definition) is 3. The number of halogens is 1. The third-order valence-electron chi connectivity index (χ3n) is 3.47. The Morgan fingerprint density at radius 1 is 1.30 bits per heavy atom. The predicted octanol–water partition coefficient (Wildman–Crippen LogP) is 2.42. The Morgan fingerprint density at radius 3 is 2.60 bits per heavy atom. The Labute approximate surface area is 121 Å². The average molecular weight is 301 g/mol. The topological polar surface area (TPSA) is 46.2 Å². The van der Waals surface area contributed by atoms with E-state index in [0.717, 1.165) is 13.0 Å². The molecule has 20 heavy (non-hydrogen) atoms. The Morgan fingerprint density at radius 2 is 2.00 bits per heavy atom. The second-order valence-electron chi connectivity index (χ2n) is 5.10. The molecule has 0 saturated carbocycles. The van der Waals surface area contributed by atoms with Crippen LogP contribution >= 0.6 is 0 Å². The van der Waals surface area contributed by atoms with Gasteiger partial charge in [0.05, 0.1) is 5.75 Å². The maximum atomic E-state index is 13.6. The van der Waals surface area contributed by atoms with Gasteiger partial charge in [0.15, 0.2) is 0 Å². The summed E-state index contributed by atoms with van der Waals surface area (Å²) in [7, 11) is -1.05. The molecule has 0 heterocycles. The lowest BCUT2D eigenvalue weighted by atomic mass is 9.94. The van der Waals surface area contributed by atoms with Crippen LogP contribution < -0.4 is 5.32 Å². The van der Waals surface area contributed by atoms with E-state index in [4.69, 9.17) is 0 Å². The first-order chi connectivity index (χ1) is 9.48. The first-order valence-electron chi connectivity index (χ1n) is 7.07. The van der Waals surface area contributed by atoms with Crippen molar-refractivity contribution in [3.05, 3.63) is 35.6 Å². The molecule has 0 fully saturated rings. The zero-order valence-corrected chi connectivity index (χ0v) is 13.0. The third kappa shape index (κ3) is 6.01. The number of benzene rings is 1. The minimum absolute atomic E-state index is 0.185. The molecule has 1 unspecified atom stereocenters. The summed E-state index contributed by atoms with van der Waals surface area (Å²) in [6.07, 6.45) is 2.06. The van der Waals surface area contributed by atoms with Crippen LogP contribution in [0.2, 0.25) is 0 Å². The van der Waals surface area contributed by atoms with E-state index in [1.165, 1.54) is 6.07 Å². The Bertz CT molecular complexity index is 502. The molecule has 0 aromatic heterocycles. The molecule has 0 spiro atoms. The van der Waals surface area contributed by atoms with Gasteiger partial charge in [0, 0.05) is 5.75 Å². The molecule has 1 atom stereocenters. The second kappa shape index (κ2) is 8.37. The lowest BCUT2D eigenvalue weighted by Gasteiger charge is -2.17. The number of nitrogens with one attached hydrogen (secondary N) is 1. The van der Waals surface area contributed by atoms with Crippen molar-refractivity contribution >= 4 is 9.84 Å². The van der Waals surface area contributed by atoms with Crippen molar-refractivity contribution in [3.8, 4) is 0 Å². The van der Waals surface area contributed by atoms with Crippen molar-refractivity contribution in [3.63, 3.8) is 0 Å². The monoisotopic (exact) mass is 301 g/mol. The van der Waals surface area contributed by atoms with Gasteiger partial charge in [-0.3, -0.25) is 0 Å². The molecule has 0 amide bonds. The van der Waals surface area contributed by atoms with Gasteiger partial charge in [-0.1, -0.05) is 25.1 Å². The zero-order chi connectivity index (χ0) is 15.0. The molecular formula is C15H24FNO2S. The van der Waals surface area contributed by atoms with Crippen LogP contribution in [0.15, 0.2) is 24.3 Å². The summed E-state index contributed by atoms with van der Waals surface area (Å²) in [5.74, 6) is 0.483. The molecule has 0 aliphatic carbocycles. The fraction of sp³-hybridized carbons (Fsp3) is 0.600. The molecular weight excluding hydrogens is 277 g/mol. The largest absolute Gasteiger partial charge is 0.319 e. The van der Waals surface area contributed by atoms with Crippen LogP contribution in [0.25, 0.3) is 0 Å². The summed E-state index contributed by atoms with van der Waals surface area (Å²) >= 11 is 0. The zero-order valence-electron chi connectivity index (χ0n) is 12.2. The third-order valence-corrected chi connectivity index (χ3v) is 5.26. The molecule has 5 heteroatoms. The molecule has 3 nitrogen and oxygen atoms in total. The van der Waals surface area contributed by atoms with Crippen LogP contribution in [-0.4, -0.2) is 33.5 Å². The lowest BCUT2D eigenvalue weighted by molar-refractivity contribution is 0.446. The summed E-state index contributed by atoms with van der Waals surface area (Å²) < 4.78 is 36.6. The minimum atomic E-state index is -2.91. The van der Waals surface area contributed by atoms with Crippen molar-refractivity contribution in [2.75, 3.05) is 25.1 Å². The number of sulfone groups is 1. The van der Waals surface area contributed by atoms with Gasteiger partial charge >= 0.3 is 0 Å². The molecule has 1 aromatic carbocycles. The smallest absolute Gasteiger partial charge is 0.150 e. The fourth-order valence-corrected chi connectivity index (χ4v) is 3.17. The SMILES string of the molecule is CCS(=O)(=O)CCCC(CNC)Cc1ccccc1F. The van der Waals surface area contributed by atoms with Crippen LogP contribution in [0.5, 0.6) is 0 Å². The molecule has 0 aliphatic heterocycles. The summed E-state index contributed by atoms with van der Waals surface area (Å²) in [4.78, 5) is 0. The summed E-state index contributed by atoms with van der Waals surface area (Å²) in [6.45, 7) is 2.43. The van der Waals surface area contributed by atoms with Crippen LogP contribution in [-0.2, 0) is 16.3 Å². The normalized spacial score (nSPS) is 13.3. The molecule has 0 radical (unpaired) electrons. The van der Waals surface area contributed by atoms with Crippen LogP contribution in [0, 0.1) is 11.7 Å². The van der Waals surface area contributed by atoms with Crippen LogP contribution in [0.1, 0.15) is 25.3 Å². The summed E-state index contributed by atoms with van der Waals surface area (Å²) in [5.41, 5.74) is 0.700. The average Bonchev–Trinajstić information content (AvgIpc) is 2.41. The summed E-state index contributed by atoms with van der Waals surface area (Å²) in [5, 5.41) is 3.10. The van der Waals surface area contributed by atoms with Crippen molar-refractivity contribution in [2.24, 2.45) is 5.92 Å². The quantitative estimate of drug-likeness (QED) is 0.762. The highest BCUT2D eigenvalue weighted by molar-refractivity contribution is 7.91. The van der Waals surface area contributed by atoms with Crippen molar-refractivity contribution in [2.45, 2.75) is 26.2 Å². The fourth-order valence-electron chi connectivity index (χ4n) is 2.28. The van der Waals surface area contributed by atoms with E-state index in [0.29, 0.717) is 18.4 Å². The van der Waals surface area contributed by atoms with Gasteiger partial charge < -0.3 is 5.32 Å². The maximum absolute atomic E-state index is 13.6. The molecule has 1 rings (SSSR count). The highest BCUT2D eigenvalue weighted by Gasteiger charge is 2.14. The highest BCUT2D eigenvalue weighted by Crippen LogP contribution is 2.17. The molecule has 114 valence electrons. The molecule has 1 N–H and O–H groups in total. The molecule has 1 aromatic rings. The van der Waals surface area contributed by atoms with Gasteiger partial charge in [-0.25, -0.2) is 12.8 Å². The Hall–Kier alpha value is -0.940. The number of rotatable bonds is 9. The number of hydrogen-bond donors (Lipinski definition) is 1. The Kier molecular flexibility index (Phi) is 7.16. The van der Waals surface area contributed by atoms with Crippen LogP contribution in [0.4, 0.5) is 4.39 Å². The molecule has 0 bridgehead atoms. The van der Waals surface area contributed by atoms with Crippen molar-refractivity contribution in [1.29, 1.82) is 0 Å². The minimum Gasteiger partial charge on any atom is -0.319 e. The van der Waals surface area contributed by atoms with Gasteiger partial charge in [-0.15, -0.1) is 0 Å².